The van der Waals surface area contributed by atoms with Crippen LogP contribution in [0.25, 0.3) is 11.3 Å². The highest BCUT2D eigenvalue weighted by Gasteiger charge is 2.33. The molecule has 0 radical (unpaired) electrons. The third kappa shape index (κ3) is 4.40. The normalized spacial score (nSPS) is 12.9. The van der Waals surface area contributed by atoms with Gasteiger partial charge in [0.15, 0.2) is 5.76 Å². The molecule has 2 aromatic heterocycles. The summed E-state index contributed by atoms with van der Waals surface area (Å²) in [5.74, 6) is 1.12. The standard InChI is InChI=1S/C25H26N2O4S/c1-4-20-12-13-22(24-15-18(2)26-31-24)16-25(20)32(28,29)27(17-23-11-8-14-30-23)19(3)21-9-6-5-7-10-21/h5-16,19H,4,17H2,1-3H3. The van der Waals surface area contributed by atoms with Gasteiger partial charge in [0, 0.05) is 17.7 Å². The van der Waals surface area contributed by atoms with Gasteiger partial charge >= 0.3 is 0 Å². The quantitative estimate of drug-likeness (QED) is 0.341. The van der Waals surface area contributed by atoms with E-state index in [1.165, 1.54) is 4.31 Å². The zero-order chi connectivity index (χ0) is 22.7. The first kappa shape index (κ1) is 22.0. The lowest BCUT2D eigenvalue weighted by Crippen LogP contribution is -2.33. The van der Waals surface area contributed by atoms with Gasteiger partial charge in [-0.3, -0.25) is 0 Å². The summed E-state index contributed by atoms with van der Waals surface area (Å²) in [5, 5.41) is 3.93. The number of nitrogens with zero attached hydrogens (tertiary/aromatic N) is 2. The number of aromatic nitrogens is 1. The second-order valence-corrected chi connectivity index (χ2v) is 9.58. The fourth-order valence-corrected chi connectivity index (χ4v) is 5.66. The van der Waals surface area contributed by atoms with Crippen molar-refractivity contribution >= 4 is 10.0 Å². The largest absolute Gasteiger partial charge is 0.468 e. The summed E-state index contributed by atoms with van der Waals surface area (Å²) in [6, 6.07) is 20.0. The highest BCUT2D eigenvalue weighted by molar-refractivity contribution is 7.89. The Hall–Kier alpha value is -3.16. The Morgan fingerprint density at radius 1 is 1.03 bits per heavy atom. The van der Waals surface area contributed by atoms with Crippen molar-refractivity contribution in [1.29, 1.82) is 0 Å². The van der Waals surface area contributed by atoms with Crippen LogP contribution in [0.15, 0.2) is 86.8 Å². The number of hydrogen-bond acceptors (Lipinski definition) is 5. The summed E-state index contributed by atoms with van der Waals surface area (Å²) in [5.41, 5.74) is 3.06. The summed E-state index contributed by atoms with van der Waals surface area (Å²) in [7, 11) is -3.88. The van der Waals surface area contributed by atoms with Gasteiger partial charge in [-0.2, -0.15) is 4.31 Å². The van der Waals surface area contributed by atoms with Crippen LogP contribution in [0.1, 0.15) is 42.5 Å². The van der Waals surface area contributed by atoms with E-state index in [2.05, 4.69) is 5.16 Å². The molecule has 0 aliphatic rings. The maximum atomic E-state index is 14.1. The third-order valence-electron chi connectivity index (χ3n) is 5.55. The molecule has 0 bridgehead atoms. The summed E-state index contributed by atoms with van der Waals surface area (Å²) in [4.78, 5) is 0.265. The van der Waals surface area contributed by atoms with E-state index in [0.717, 1.165) is 16.8 Å². The van der Waals surface area contributed by atoms with E-state index in [-0.39, 0.29) is 11.4 Å². The minimum Gasteiger partial charge on any atom is -0.468 e. The van der Waals surface area contributed by atoms with E-state index in [9.17, 15) is 8.42 Å². The van der Waals surface area contributed by atoms with Gasteiger partial charge in [-0.25, -0.2) is 8.42 Å². The Kier molecular flexibility index (Phi) is 6.30. The number of hydrogen-bond donors (Lipinski definition) is 0. The van der Waals surface area contributed by atoms with Crippen molar-refractivity contribution in [2.24, 2.45) is 0 Å². The van der Waals surface area contributed by atoms with Crippen molar-refractivity contribution in [1.82, 2.24) is 9.46 Å². The summed E-state index contributed by atoms with van der Waals surface area (Å²) in [6.45, 7) is 5.80. The van der Waals surface area contributed by atoms with Gasteiger partial charge in [-0.15, -0.1) is 0 Å². The van der Waals surface area contributed by atoms with Crippen molar-refractivity contribution < 1.29 is 17.4 Å². The van der Waals surface area contributed by atoms with E-state index < -0.39 is 16.1 Å². The molecule has 0 spiro atoms. The topological polar surface area (TPSA) is 76.6 Å². The predicted molar refractivity (Wildman–Crippen MR) is 122 cm³/mol. The average Bonchev–Trinajstić information content (AvgIpc) is 3.49. The van der Waals surface area contributed by atoms with Crippen LogP contribution in [0.4, 0.5) is 0 Å². The summed E-state index contributed by atoms with van der Waals surface area (Å²) < 4.78 is 40.5. The molecule has 1 unspecified atom stereocenters. The lowest BCUT2D eigenvalue weighted by atomic mass is 10.1. The molecule has 2 heterocycles. The molecule has 0 saturated heterocycles. The highest BCUT2D eigenvalue weighted by atomic mass is 32.2. The maximum Gasteiger partial charge on any atom is 0.244 e. The molecule has 4 aromatic rings. The van der Waals surface area contributed by atoms with E-state index in [1.54, 1.807) is 30.5 Å². The minimum absolute atomic E-state index is 0.125. The molecule has 0 saturated carbocycles. The Morgan fingerprint density at radius 2 is 1.81 bits per heavy atom. The summed E-state index contributed by atoms with van der Waals surface area (Å²) in [6.07, 6.45) is 2.14. The maximum absolute atomic E-state index is 14.1. The van der Waals surface area contributed by atoms with E-state index >= 15 is 0 Å². The molecular formula is C25H26N2O4S. The Morgan fingerprint density at radius 3 is 2.44 bits per heavy atom. The van der Waals surface area contributed by atoms with Crippen LogP contribution < -0.4 is 0 Å². The molecule has 0 aliphatic heterocycles. The van der Waals surface area contributed by atoms with Crippen molar-refractivity contribution in [2.75, 3.05) is 0 Å². The monoisotopic (exact) mass is 450 g/mol. The van der Waals surface area contributed by atoms with Crippen molar-refractivity contribution in [3.63, 3.8) is 0 Å². The number of aryl methyl sites for hydroxylation is 2. The minimum atomic E-state index is -3.88. The van der Waals surface area contributed by atoms with E-state index in [4.69, 9.17) is 8.94 Å². The van der Waals surface area contributed by atoms with Crippen LogP contribution in [-0.2, 0) is 23.0 Å². The SMILES string of the molecule is CCc1ccc(-c2cc(C)no2)cc1S(=O)(=O)N(Cc1ccco1)C(C)c1ccccc1. The zero-order valence-electron chi connectivity index (χ0n) is 18.4. The van der Waals surface area contributed by atoms with E-state index in [1.807, 2.05) is 63.2 Å². The second-order valence-electron chi connectivity index (χ2n) is 7.72. The van der Waals surface area contributed by atoms with Crippen LogP contribution in [0.5, 0.6) is 0 Å². The van der Waals surface area contributed by atoms with Gasteiger partial charge < -0.3 is 8.94 Å². The number of benzene rings is 2. The van der Waals surface area contributed by atoms with Crippen molar-refractivity contribution in [3.05, 3.63) is 95.6 Å². The molecule has 0 fully saturated rings. The smallest absolute Gasteiger partial charge is 0.244 e. The molecule has 2 aromatic carbocycles. The van der Waals surface area contributed by atoms with Gasteiger partial charge in [0.05, 0.1) is 23.4 Å². The van der Waals surface area contributed by atoms with Crippen LogP contribution in [0, 0.1) is 6.92 Å². The Labute approximate surface area is 188 Å². The number of furan rings is 1. The second kappa shape index (κ2) is 9.14. The third-order valence-corrected chi connectivity index (χ3v) is 7.55. The first-order valence-corrected chi connectivity index (χ1v) is 12.0. The Bertz CT molecular complexity index is 1280. The van der Waals surface area contributed by atoms with Crippen LogP contribution in [-0.4, -0.2) is 17.9 Å². The fraction of sp³-hybridized carbons (Fsp3) is 0.240. The molecule has 0 aliphatic carbocycles. The highest BCUT2D eigenvalue weighted by Crippen LogP contribution is 2.33. The molecule has 4 rings (SSSR count). The number of rotatable bonds is 8. The molecule has 32 heavy (non-hydrogen) atoms. The fourth-order valence-electron chi connectivity index (χ4n) is 3.75. The van der Waals surface area contributed by atoms with Gasteiger partial charge in [-0.1, -0.05) is 54.5 Å². The summed E-state index contributed by atoms with van der Waals surface area (Å²) >= 11 is 0. The van der Waals surface area contributed by atoms with E-state index in [0.29, 0.717) is 23.5 Å². The molecule has 0 amide bonds. The average molecular weight is 451 g/mol. The zero-order valence-corrected chi connectivity index (χ0v) is 19.2. The first-order valence-electron chi connectivity index (χ1n) is 10.6. The number of sulfonamides is 1. The van der Waals surface area contributed by atoms with Crippen LogP contribution in [0.3, 0.4) is 0 Å². The Balaban J connectivity index is 1.83. The van der Waals surface area contributed by atoms with Gasteiger partial charge in [0.25, 0.3) is 0 Å². The lowest BCUT2D eigenvalue weighted by Gasteiger charge is -2.29. The molecule has 166 valence electrons. The van der Waals surface area contributed by atoms with Gasteiger partial charge in [0.2, 0.25) is 10.0 Å². The lowest BCUT2D eigenvalue weighted by molar-refractivity contribution is 0.307. The van der Waals surface area contributed by atoms with Crippen LogP contribution >= 0.6 is 0 Å². The predicted octanol–water partition coefficient (Wildman–Crippen LogP) is 5.76. The molecule has 7 heteroatoms. The molecule has 0 N–H and O–H groups in total. The van der Waals surface area contributed by atoms with Crippen molar-refractivity contribution in [3.8, 4) is 11.3 Å². The van der Waals surface area contributed by atoms with Gasteiger partial charge in [0.1, 0.15) is 5.76 Å². The first-order chi connectivity index (χ1) is 15.4. The molecular weight excluding hydrogens is 424 g/mol. The van der Waals surface area contributed by atoms with Crippen LogP contribution in [0.2, 0.25) is 0 Å². The van der Waals surface area contributed by atoms with Crippen molar-refractivity contribution in [2.45, 2.75) is 44.7 Å². The molecule has 6 nitrogen and oxygen atoms in total. The molecule has 1 atom stereocenters. The van der Waals surface area contributed by atoms with Gasteiger partial charge in [-0.05, 0) is 49.6 Å².